The Kier molecular flexibility index (Phi) is 4.65. The topological polar surface area (TPSA) is 64.4 Å². The molecule has 6 heteroatoms. The van der Waals surface area contributed by atoms with Gasteiger partial charge in [-0.05, 0) is 26.7 Å². The largest absolute Gasteiger partial charge is 0.469 e. The summed E-state index contributed by atoms with van der Waals surface area (Å²) in [7, 11) is 3.30. The van der Waals surface area contributed by atoms with Gasteiger partial charge in [0.25, 0.3) is 0 Å². The third-order valence-corrected chi connectivity index (χ3v) is 4.37. The van der Waals surface area contributed by atoms with E-state index in [1.807, 2.05) is 25.8 Å². The quantitative estimate of drug-likeness (QED) is 0.780. The highest BCUT2D eigenvalue weighted by atomic mass is 16.5. The Morgan fingerprint density at radius 3 is 2.38 bits per heavy atom. The fourth-order valence-electron chi connectivity index (χ4n) is 2.87. The number of hydrogen-bond donors (Lipinski definition) is 0. The van der Waals surface area contributed by atoms with Crippen LogP contribution in [0.15, 0.2) is 0 Å². The summed E-state index contributed by atoms with van der Waals surface area (Å²) >= 11 is 0. The summed E-state index contributed by atoms with van der Waals surface area (Å²) in [6.07, 6.45) is 1.75. The Morgan fingerprint density at radius 2 is 1.90 bits per heavy atom. The number of rotatable bonds is 3. The minimum absolute atomic E-state index is 0.0686. The molecule has 0 radical (unpaired) electrons. The lowest BCUT2D eigenvalue weighted by Crippen LogP contribution is -2.41. The van der Waals surface area contributed by atoms with Gasteiger partial charge in [-0.1, -0.05) is 0 Å². The number of carbonyl (C=O) groups excluding carboxylic acids is 2. The molecule has 21 heavy (non-hydrogen) atoms. The molecule has 0 saturated carbocycles. The Labute approximate surface area is 125 Å². The van der Waals surface area contributed by atoms with Gasteiger partial charge in [-0.2, -0.15) is 5.10 Å². The monoisotopic (exact) mass is 293 g/mol. The highest BCUT2D eigenvalue weighted by Crippen LogP contribution is 2.20. The van der Waals surface area contributed by atoms with Gasteiger partial charge in [0.15, 0.2) is 0 Å². The molecule has 0 aromatic carbocycles. The summed E-state index contributed by atoms with van der Waals surface area (Å²) in [6.45, 7) is 5.15. The molecule has 0 spiro atoms. The number of ether oxygens (including phenoxy) is 1. The van der Waals surface area contributed by atoms with E-state index in [-0.39, 0.29) is 17.8 Å². The van der Waals surface area contributed by atoms with Gasteiger partial charge in [-0.15, -0.1) is 0 Å². The van der Waals surface area contributed by atoms with Crippen molar-refractivity contribution < 1.29 is 14.3 Å². The number of esters is 1. The molecule has 2 heterocycles. The van der Waals surface area contributed by atoms with E-state index < -0.39 is 0 Å². The van der Waals surface area contributed by atoms with E-state index >= 15 is 0 Å². The van der Waals surface area contributed by atoms with Crippen molar-refractivity contribution in [1.82, 2.24) is 14.7 Å². The molecule has 0 unspecified atom stereocenters. The van der Waals surface area contributed by atoms with Crippen LogP contribution in [-0.2, 0) is 27.8 Å². The fraction of sp³-hybridized carbons (Fsp3) is 0.667. The van der Waals surface area contributed by atoms with E-state index in [4.69, 9.17) is 4.74 Å². The number of piperidine rings is 1. The van der Waals surface area contributed by atoms with Crippen molar-refractivity contribution in [1.29, 1.82) is 0 Å². The second-order valence-corrected chi connectivity index (χ2v) is 5.63. The van der Waals surface area contributed by atoms with Gasteiger partial charge in [0.2, 0.25) is 5.91 Å². The van der Waals surface area contributed by atoms with Crippen LogP contribution in [0.5, 0.6) is 0 Å². The SMILES string of the molecule is COC(=O)C1CCN(C(=O)Cc2c(C)nn(C)c2C)CC1. The first-order valence-electron chi connectivity index (χ1n) is 7.28. The molecule has 2 rings (SSSR count). The highest BCUT2D eigenvalue weighted by molar-refractivity contribution is 5.80. The van der Waals surface area contributed by atoms with Crippen LogP contribution in [-0.4, -0.2) is 46.8 Å². The standard InChI is InChI=1S/C15H23N3O3/c1-10-13(11(2)17(3)16-10)9-14(19)18-7-5-12(6-8-18)15(20)21-4/h12H,5-9H2,1-4H3. The first kappa shape index (κ1) is 15.5. The highest BCUT2D eigenvalue weighted by Gasteiger charge is 2.28. The number of methoxy groups -OCH3 is 1. The van der Waals surface area contributed by atoms with Crippen LogP contribution in [0, 0.1) is 19.8 Å². The maximum atomic E-state index is 12.4. The first-order chi connectivity index (χ1) is 9.93. The van der Waals surface area contributed by atoms with Crippen molar-refractivity contribution in [2.75, 3.05) is 20.2 Å². The summed E-state index contributed by atoms with van der Waals surface area (Å²) in [4.78, 5) is 25.7. The predicted molar refractivity (Wildman–Crippen MR) is 77.7 cm³/mol. The smallest absolute Gasteiger partial charge is 0.308 e. The average Bonchev–Trinajstić information content (AvgIpc) is 2.73. The van der Waals surface area contributed by atoms with Crippen LogP contribution in [0.25, 0.3) is 0 Å². The van der Waals surface area contributed by atoms with Crippen LogP contribution in [0.1, 0.15) is 29.8 Å². The molecule has 6 nitrogen and oxygen atoms in total. The molecule has 1 aromatic rings. The molecule has 1 amide bonds. The van der Waals surface area contributed by atoms with Crippen molar-refractivity contribution in [3.05, 3.63) is 17.0 Å². The van der Waals surface area contributed by atoms with Gasteiger partial charge < -0.3 is 9.64 Å². The van der Waals surface area contributed by atoms with E-state index in [9.17, 15) is 9.59 Å². The lowest BCUT2D eigenvalue weighted by Gasteiger charge is -2.30. The second-order valence-electron chi connectivity index (χ2n) is 5.63. The first-order valence-corrected chi connectivity index (χ1v) is 7.28. The molecule has 1 fully saturated rings. The minimum atomic E-state index is -0.166. The van der Waals surface area contributed by atoms with Crippen molar-refractivity contribution >= 4 is 11.9 Å². The molecule has 0 aliphatic carbocycles. The van der Waals surface area contributed by atoms with E-state index in [2.05, 4.69) is 5.10 Å². The Bertz CT molecular complexity index is 543. The second kappa shape index (κ2) is 6.28. The Balaban J connectivity index is 1.95. The van der Waals surface area contributed by atoms with Crippen molar-refractivity contribution in [2.24, 2.45) is 13.0 Å². The van der Waals surface area contributed by atoms with Crippen LogP contribution >= 0.6 is 0 Å². The summed E-state index contributed by atoms with van der Waals surface area (Å²) in [5.41, 5.74) is 2.95. The van der Waals surface area contributed by atoms with E-state index in [0.29, 0.717) is 32.4 Å². The maximum Gasteiger partial charge on any atom is 0.308 e. The predicted octanol–water partition coefficient (Wildman–Crippen LogP) is 0.991. The number of hydrogen-bond acceptors (Lipinski definition) is 4. The van der Waals surface area contributed by atoms with Crippen molar-refractivity contribution in [3.63, 3.8) is 0 Å². The number of amides is 1. The molecule has 1 saturated heterocycles. The Hall–Kier alpha value is -1.85. The normalized spacial score (nSPS) is 16.1. The molecule has 1 aliphatic heterocycles. The number of aromatic nitrogens is 2. The third kappa shape index (κ3) is 3.25. The van der Waals surface area contributed by atoms with Gasteiger partial charge in [0, 0.05) is 31.4 Å². The molecular weight excluding hydrogens is 270 g/mol. The van der Waals surface area contributed by atoms with E-state index in [1.54, 1.807) is 4.68 Å². The van der Waals surface area contributed by atoms with Crippen molar-refractivity contribution in [2.45, 2.75) is 33.1 Å². The molecule has 0 atom stereocenters. The zero-order chi connectivity index (χ0) is 15.6. The molecule has 0 bridgehead atoms. The fourth-order valence-corrected chi connectivity index (χ4v) is 2.87. The van der Waals surface area contributed by atoms with Crippen LogP contribution in [0.2, 0.25) is 0 Å². The van der Waals surface area contributed by atoms with Gasteiger partial charge in [0.05, 0.1) is 25.1 Å². The summed E-state index contributed by atoms with van der Waals surface area (Å²) in [5.74, 6) is -0.125. The number of carbonyl (C=O) groups is 2. The summed E-state index contributed by atoms with van der Waals surface area (Å²) in [5, 5.41) is 4.34. The zero-order valence-corrected chi connectivity index (χ0v) is 13.2. The maximum absolute atomic E-state index is 12.4. The molecule has 1 aliphatic rings. The van der Waals surface area contributed by atoms with Crippen molar-refractivity contribution in [3.8, 4) is 0 Å². The average molecular weight is 293 g/mol. The summed E-state index contributed by atoms with van der Waals surface area (Å²) in [6, 6.07) is 0. The van der Waals surface area contributed by atoms with E-state index in [1.165, 1.54) is 7.11 Å². The van der Waals surface area contributed by atoms with Crippen LogP contribution in [0.4, 0.5) is 0 Å². The molecule has 116 valence electrons. The molecular formula is C15H23N3O3. The lowest BCUT2D eigenvalue weighted by atomic mass is 9.96. The minimum Gasteiger partial charge on any atom is -0.469 e. The number of aryl methyl sites for hydroxylation is 2. The van der Waals surface area contributed by atoms with E-state index in [0.717, 1.165) is 17.0 Å². The number of likely N-dealkylation sites (tertiary alicyclic amines) is 1. The lowest BCUT2D eigenvalue weighted by molar-refractivity contribution is -0.148. The third-order valence-electron chi connectivity index (χ3n) is 4.37. The van der Waals surface area contributed by atoms with Gasteiger partial charge in [-0.3, -0.25) is 14.3 Å². The van der Waals surface area contributed by atoms with Crippen LogP contribution in [0.3, 0.4) is 0 Å². The number of nitrogens with zero attached hydrogens (tertiary/aromatic N) is 3. The van der Waals surface area contributed by atoms with Gasteiger partial charge in [0.1, 0.15) is 0 Å². The summed E-state index contributed by atoms with van der Waals surface area (Å²) < 4.78 is 6.57. The molecule has 0 N–H and O–H groups in total. The van der Waals surface area contributed by atoms with Gasteiger partial charge >= 0.3 is 5.97 Å². The zero-order valence-electron chi connectivity index (χ0n) is 13.2. The molecule has 1 aromatic heterocycles. The van der Waals surface area contributed by atoms with Gasteiger partial charge in [-0.25, -0.2) is 0 Å². The van der Waals surface area contributed by atoms with Crippen LogP contribution < -0.4 is 0 Å². The Morgan fingerprint density at radius 1 is 1.29 bits per heavy atom.